The van der Waals surface area contributed by atoms with Crippen LogP contribution in [0.5, 0.6) is 0 Å². The molecule has 4 rings (SSSR count). The lowest BCUT2D eigenvalue weighted by Gasteiger charge is -2.26. The van der Waals surface area contributed by atoms with Crippen LogP contribution in [-0.4, -0.2) is 59.3 Å². The number of nitrogens with one attached hydrogen (secondary N) is 1. The lowest BCUT2D eigenvalue weighted by Crippen LogP contribution is -2.40. The molecule has 7 nitrogen and oxygen atoms in total. The van der Waals surface area contributed by atoms with Crippen LogP contribution in [0.4, 0.5) is 0 Å². The molecule has 30 heavy (non-hydrogen) atoms. The Morgan fingerprint density at radius 3 is 2.40 bits per heavy atom. The molecule has 0 aliphatic carbocycles. The van der Waals surface area contributed by atoms with E-state index in [1.165, 1.54) is 0 Å². The van der Waals surface area contributed by atoms with Crippen molar-refractivity contribution < 1.29 is 14.3 Å². The van der Waals surface area contributed by atoms with Gasteiger partial charge in [-0.05, 0) is 48.4 Å². The molecule has 154 valence electrons. The number of hydrogen-bond donors (Lipinski definition) is 1. The predicted octanol–water partition coefficient (Wildman–Crippen LogP) is 2.32. The fraction of sp³-hybridized carbons (Fsp3) is 0.261. The average Bonchev–Trinajstić information content (AvgIpc) is 3.29. The summed E-state index contributed by atoms with van der Waals surface area (Å²) in [5, 5.41) is 7.29. The third-order valence-corrected chi connectivity index (χ3v) is 5.05. The zero-order chi connectivity index (χ0) is 20.8. The monoisotopic (exact) mass is 404 g/mol. The average molecular weight is 404 g/mol. The Morgan fingerprint density at radius 2 is 1.67 bits per heavy atom. The van der Waals surface area contributed by atoms with Crippen molar-refractivity contribution in [2.45, 2.75) is 6.42 Å². The number of nitrogens with zero attached hydrogens (tertiary/aromatic N) is 3. The van der Waals surface area contributed by atoms with E-state index in [-0.39, 0.29) is 11.8 Å². The molecule has 1 aliphatic rings. The molecule has 1 fully saturated rings. The molecule has 2 heterocycles. The minimum absolute atomic E-state index is 0.0271. The Balaban J connectivity index is 1.28. The van der Waals surface area contributed by atoms with Gasteiger partial charge in [-0.25, -0.2) is 4.68 Å². The van der Waals surface area contributed by atoms with Crippen LogP contribution < -0.4 is 5.32 Å². The van der Waals surface area contributed by atoms with E-state index in [4.69, 9.17) is 4.74 Å². The van der Waals surface area contributed by atoms with Crippen molar-refractivity contribution in [3.05, 3.63) is 83.7 Å². The van der Waals surface area contributed by atoms with Gasteiger partial charge < -0.3 is 15.0 Å². The van der Waals surface area contributed by atoms with Gasteiger partial charge >= 0.3 is 0 Å². The molecule has 1 aromatic heterocycles. The highest BCUT2D eigenvalue weighted by atomic mass is 16.5. The lowest BCUT2D eigenvalue weighted by molar-refractivity contribution is 0.0303. The van der Waals surface area contributed by atoms with Crippen molar-refractivity contribution in [1.29, 1.82) is 0 Å². The topological polar surface area (TPSA) is 76.5 Å². The van der Waals surface area contributed by atoms with E-state index in [1.54, 1.807) is 29.2 Å². The number of aromatic nitrogens is 2. The van der Waals surface area contributed by atoms with Gasteiger partial charge in [0.15, 0.2) is 0 Å². The fourth-order valence-corrected chi connectivity index (χ4v) is 3.35. The molecule has 1 saturated heterocycles. The number of benzene rings is 2. The van der Waals surface area contributed by atoms with Gasteiger partial charge in [0.05, 0.1) is 25.1 Å². The Labute approximate surface area is 175 Å². The lowest BCUT2D eigenvalue weighted by atomic mass is 10.1. The van der Waals surface area contributed by atoms with Gasteiger partial charge in [0.1, 0.15) is 0 Å². The second-order valence-electron chi connectivity index (χ2n) is 7.12. The van der Waals surface area contributed by atoms with E-state index in [1.807, 2.05) is 47.4 Å². The Kier molecular flexibility index (Phi) is 6.20. The molecule has 0 radical (unpaired) electrons. The molecule has 0 spiro atoms. The molecule has 0 atom stereocenters. The quantitative estimate of drug-likeness (QED) is 0.684. The van der Waals surface area contributed by atoms with Crippen molar-refractivity contribution in [3.63, 3.8) is 0 Å². The molecule has 3 aromatic rings. The van der Waals surface area contributed by atoms with Crippen LogP contribution in [0.3, 0.4) is 0 Å². The molecule has 1 N–H and O–H groups in total. The van der Waals surface area contributed by atoms with Crippen LogP contribution in [0.1, 0.15) is 26.3 Å². The number of morpholine rings is 1. The molecule has 2 amide bonds. The molecule has 2 aromatic carbocycles. The van der Waals surface area contributed by atoms with E-state index >= 15 is 0 Å². The number of ether oxygens (including phenoxy) is 1. The second-order valence-corrected chi connectivity index (χ2v) is 7.12. The fourth-order valence-electron chi connectivity index (χ4n) is 3.35. The van der Waals surface area contributed by atoms with Gasteiger partial charge in [-0.3, -0.25) is 9.59 Å². The van der Waals surface area contributed by atoms with E-state index in [2.05, 4.69) is 10.4 Å². The zero-order valence-electron chi connectivity index (χ0n) is 16.7. The highest BCUT2D eigenvalue weighted by molar-refractivity contribution is 5.97. The predicted molar refractivity (Wildman–Crippen MR) is 113 cm³/mol. The summed E-state index contributed by atoms with van der Waals surface area (Å²) >= 11 is 0. The largest absolute Gasteiger partial charge is 0.378 e. The first-order valence-corrected chi connectivity index (χ1v) is 10.0. The summed E-state index contributed by atoms with van der Waals surface area (Å²) in [7, 11) is 0. The number of carbonyl (C=O) groups is 2. The van der Waals surface area contributed by atoms with E-state index in [9.17, 15) is 9.59 Å². The smallest absolute Gasteiger partial charge is 0.254 e. The molecule has 0 saturated carbocycles. The summed E-state index contributed by atoms with van der Waals surface area (Å²) in [6, 6.07) is 16.7. The minimum Gasteiger partial charge on any atom is -0.378 e. The number of para-hydroxylation sites is 1. The Hall–Kier alpha value is -3.45. The van der Waals surface area contributed by atoms with E-state index < -0.39 is 0 Å². The maximum absolute atomic E-state index is 12.5. The SMILES string of the molecule is O=C(NCCc1cnn(-c2ccccc2)c1)c1ccc(C(=O)N2CCOCC2)cc1. The van der Waals surface area contributed by atoms with Crippen LogP contribution in [0.2, 0.25) is 0 Å². The maximum Gasteiger partial charge on any atom is 0.254 e. The van der Waals surface area contributed by atoms with Gasteiger partial charge in [-0.1, -0.05) is 18.2 Å². The van der Waals surface area contributed by atoms with Crippen LogP contribution in [-0.2, 0) is 11.2 Å². The van der Waals surface area contributed by atoms with Gasteiger partial charge in [0, 0.05) is 37.0 Å². The van der Waals surface area contributed by atoms with Crippen LogP contribution in [0, 0.1) is 0 Å². The molecule has 7 heteroatoms. The molecular weight excluding hydrogens is 380 g/mol. The third-order valence-electron chi connectivity index (χ3n) is 5.05. The second kappa shape index (κ2) is 9.37. The highest BCUT2D eigenvalue weighted by Crippen LogP contribution is 2.10. The van der Waals surface area contributed by atoms with Crippen molar-refractivity contribution in [2.75, 3.05) is 32.8 Å². The normalized spacial score (nSPS) is 13.8. The molecular formula is C23H24N4O3. The van der Waals surface area contributed by atoms with Crippen molar-refractivity contribution >= 4 is 11.8 Å². The van der Waals surface area contributed by atoms with Gasteiger partial charge in [-0.15, -0.1) is 0 Å². The Morgan fingerprint density at radius 1 is 0.967 bits per heavy atom. The van der Waals surface area contributed by atoms with Crippen LogP contribution in [0.25, 0.3) is 5.69 Å². The molecule has 1 aliphatic heterocycles. The maximum atomic E-state index is 12.5. The summed E-state index contributed by atoms with van der Waals surface area (Å²) in [5.41, 5.74) is 3.17. The minimum atomic E-state index is -0.157. The number of rotatable bonds is 6. The van der Waals surface area contributed by atoms with Gasteiger partial charge in [0.25, 0.3) is 11.8 Å². The standard InChI is InChI=1S/C23H24N4O3/c28-22(19-6-8-20(9-7-19)23(29)26-12-14-30-15-13-26)24-11-10-18-16-25-27(17-18)21-4-2-1-3-5-21/h1-9,16-17H,10-15H2,(H,24,28). The summed E-state index contributed by atoms with van der Waals surface area (Å²) < 4.78 is 7.10. The molecule has 0 bridgehead atoms. The highest BCUT2D eigenvalue weighted by Gasteiger charge is 2.18. The van der Waals surface area contributed by atoms with Crippen molar-refractivity contribution in [2.24, 2.45) is 0 Å². The van der Waals surface area contributed by atoms with Crippen LogP contribution in [0.15, 0.2) is 67.0 Å². The van der Waals surface area contributed by atoms with Crippen molar-refractivity contribution in [3.8, 4) is 5.69 Å². The first-order valence-electron chi connectivity index (χ1n) is 10.0. The van der Waals surface area contributed by atoms with Crippen molar-refractivity contribution in [1.82, 2.24) is 20.0 Å². The number of hydrogen-bond acceptors (Lipinski definition) is 4. The number of amides is 2. The number of carbonyl (C=O) groups excluding carboxylic acids is 2. The molecule has 0 unspecified atom stereocenters. The summed E-state index contributed by atoms with van der Waals surface area (Å²) in [6.45, 7) is 2.84. The Bertz CT molecular complexity index is 993. The zero-order valence-corrected chi connectivity index (χ0v) is 16.7. The van der Waals surface area contributed by atoms with Gasteiger partial charge in [0.2, 0.25) is 0 Å². The summed E-state index contributed by atoms with van der Waals surface area (Å²) in [6.07, 6.45) is 4.46. The summed E-state index contributed by atoms with van der Waals surface area (Å²) in [5.74, 6) is -0.184. The third kappa shape index (κ3) is 4.75. The van der Waals surface area contributed by atoms with E-state index in [0.29, 0.717) is 50.4 Å². The first-order chi connectivity index (χ1) is 14.7. The van der Waals surface area contributed by atoms with Gasteiger partial charge in [-0.2, -0.15) is 5.10 Å². The van der Waals surface area contributed by atoms with Crippen LogP contribution >= 0.6 is 0 Å². The van der Waals surface area contributed by atoms with E-state index in [0.717, 1.165) is 11.3 Å². The summed E-state index contributed by atoms with van der Waals surface area (Å²) in [4.78, 5) is 26.6. The first kappa shape index (κ1) is 19.8.